The first-order valence-corrected chi connectivity index (χ1v) is 17.2. The average Bonchev–Trinajstić information content (AvgIpc) is 3.41. The summed E-state index contributed by atoms with van der Waals surface area (Å²) in [4.78, 5) is 60.1. The first-order chi connectivity index (χ1) is 24.3. The Morgan fingerprint density at radius 2 is 1.54 bits per heavy atom. The van der Waals surface area contributed by atoms with Crippen molar-refractivity contribution in [3.63, 3.8) is 0 Å². The van der Waals surface area contributed by atoms with Crippen molar-refractivity contribution in [2.75, 3.05) is 12.0 Å². The van der Waals surface area contributed by atoms with Crippen molar-refractivity contribution in [1.82, 2.24) is 0 Å². The summed E-state index contributed by atoms with van der Waals surface area (Å²) in [6.45, 7) is 2.05. The van der Waals surface area contributed by atoms with Crippen LogP contribution < -0.4 is 9.64 Å². The Labute approximate surface area is 290 Å². The lowest BCUT2D eigenvalue weighted by atomic mass is 9.44. The SMILES string of the molecule is CCc1ccc(N2C(=O)C3CC=C4C(CC5C(=O)C(c6ccccc6)=CC(=O)C5(c5ccccc5)C4c4ccc(OC)c(O)c4)C3C2=O)cc1. The van der Waals surface area contributed by atoms with Crippen LogP contribution in [0.15, 0.2) is 121 Å². The van der Waals surface area contributed by atoms with Crippen molar-refractivity contribution >= 4 is 34.6 Å². The van der Waals surface area contributed by atoms with Crippen molar-refractivity contribution < 1.29 is 29.0 Å². The molecule has 6 atom stereocenters. The van der Waals surface area contributed by atoms with E-state index in [2.05, 4.69) is 6.92 Å². The van der Waals surface area contributed by atoms with Gasteiger partial charge in [-0.2, -0.15) is 0 Å². The first-order valence-electron chi connectivity index (χ1n) is 17.2. The molecule has 2 amide bonds. The molecule has 2 fully saturated rings. The number of hydrogen-bond acceptors (Lipinski definition) is 6. The maximum Gasteiger partial charge on any atom is 0.238 e. The highest BCUT2D eigenvalue weighted by Crippen LogP contribution is 2.64. The molecule has 1 saturated carbocycles. The molecule has 4 aromatic carbocycles. The van der Waals surface area contributed by atoms with Crippen molar-refractivity contribution in [3.05, 3.63) is 143 Å². The largest absolute Gasteiger partial charge is 0.504 e. The fraction of sp³-hybridized carbons (Fsp3) is 0.256. The summed E-state index contributed by atoms with van der Waals surface area (Å²) in [5, 5.41) is 11.1. The number of benzene rings is 4. The molecule has 6 unspecified atom stereocenters. The van der Waals surface area contributed by atoms with Crippen LogP contribution >= 0.6 is 0 Å². The zero-order valence-corrected chi connectivity index (χ0v) is 27.9. The number of nitrogens with zero attached hydrogens (tertiary/aromatic N) is 1. The number of hydrogen-bond donors (Lipinski definition) is 1. The van der Waals surface area contributed by atoms with Gasteiger partial charge in [-0.15, -0.1) is 0 Å². The second-order valence-corrected chi connectivity index (χ2v) is 13.8. The van der Waals surface area contributed by atoms with E-state index in [0.717, 1.165) is 17.6 Å². The maximum absolute atomic E-state index is 15.1. The number of imide groups is 1. The molecule has 1 heterocycles. The van der Waals surface area contributed by atoms with Gasteiger partial charge < -0.3 is 9.84 Å². The molecule has 0 radical (unpaired) electrons. The van der Waals surface area contributed by atoms with Crippen LogP contribution in [0.1, 0.15) is 47.9 Å². The fourth-order valence-electron chi connectivity index (χ4n) is 9.27. The van der Waals surface area contributed by atoms with E-state index in [1.54, 1.807) is 12.1 Å². The quantitative estimate of drug-likeness (QED) is 0.176. The number of carbonyl (C=O) groups excluding carboxylic acids is 4. The fourth-order valence-corrected chi connectivity index (χ4v) is 9.27. The minimum atomic E-state index is -1.37. The first kappa shape index (κ1) is 31.7. The van der Waals surface area contributed by atoms with E-state index in [4.69, 9.17) is 4.74 Å². The zero-order valence-electron chi connectivity index (χ0n) is 27.9. The molecular formula is C43H37NO6. The molecule has 250 valence electrons. The molecule has 1 saturated heterocycles. The third-order valence-corrected chi connectivity index (χ3v) is 11.5. The number of carbonyl (C=O) groups is 4. The number of rotatable bonds is 6. The van der Waals surface area contributed by atoms with Crippen LogP contribution in [0.2, 0.25) is 0 Å². The molecule has 4 aliphatic rings. The second kappa shape index (κ2) is 12.1. The Bertz CT molecular complexity index is 2100. The Morgan fingerprint density at radius 1 is 0.840 bits per heavy atom. The van der Waals surface area contributed by atoms with E-state index in [9.17, 15) is 14.7 Å². The lowest BCUT2D eigenvalue weighted by Gasteiger charge is -2.55. The monoisotopic (exact) mass is 663 g/mol. The van der Waals surface area contributed by atoms with E-state index < -0.39 is 35.0 Å². The Hall–Kier alpha value is -5.56. The van der Waals surface area contributed by atoms with Crippen LogP contribution in [0.3, 0.4) is 0 Å². The minimum absolute atomic E-state index is 0.0925. The zero-order chi connectivity index (χ0) is 34.7. The van der Waals surface area contributed by atoms with Gasteiger partial charge in [0.25, 0.3) is 0 Å². The third kappa shape index (κ3) is 4.56. The van der Waals surface area contributed by atoms with Crippen molar-refractivity contribution in [2.24, 2.45) is 23.7 Å². The number of methoxy groups -OCH3 is 1. The summed E-state index contributed by atoms with van der Waals surface area (Å²) in [5.41, 5.74) is 3.45. The lowest BCUT2D eigenvalue weighted by Crippen LogP contribution is -2.58. The summed E-state index contributed by atoms with van der Waals surface area (Å²) in [7, 11) is 1.47. The molecule has 1 aliphatic heterocycles. The standard InChI is InChI=1S/C43H37NO6/c1-3-25-14-17-29(18-15-25)44-41(48)31-20-19-30-33(38(31)42(44)49)23-34-40(47)32(26-10-6-4-7-11-26)24-37(46)43(34,28-12-8-5-9-13-28)39(30)27-16-21-36(50-2)35(45)22-27/h4-19,21-22,24,31,33-34,38-39,45H,3,20,23H2,1-2H3. The highest BCUT2D eigenvalue weighted by molar-refractivity contribution is 6.32. The molecular weight excluding hydrogens is 626 g/mol. The van der Waals surface area contributed by atoms with E-state index in [0.29, 0.717) is 34.4 Å². The van der Waals surface area contributed by atoms with Gasteiger partial charge in [0.15, 0.2) is 23.1 Å². The number of aromatic hydroxyl groups is 1. The minimum Gasteiger partial charge on any atom is -0.504 e. The molecule has 0 aromatic heterocycles. The van der Waals surface area contributed by atoms with Gasteiger partial charge in [0, 0.05) is 17.4 Å². The molecule has 4 aromatic rings. The van der Waals surface area contributed by atoms with Crippen LogP contribution in [0.5, 0.6) is 11.5 Å². The predicted octanol–water partition coefficient (Wildman–Crippen LogP) is 6.99. The van der Waals surface area contributed by atoms with Crippen molar-refractivity contribution in [3.8, 4) is 11.5 Å². The van der Waals surface area contributed by atoms with Gasteiger partial charge >= 0.3 is 0 Å². The van der Waals surface area contributed by atoms with E-state index in [1.165, 1.54) is 18.1 Å². The average molecular weight is 664 g/mol. The molecule has 1 N–H and O–H groups in total. The summed E-state index contributed by atoms with van der Waals surface area (Å²) in [6.07, 6.45) is 4.91. The summed E-state index contributed by atoms with van der Waals surface area (Å²) < 4.78 is 5.38. The van der Waals surface area contributed by atoms with E-state index >= 15 is 9.59 Å². The number of ether oxygens (including phenoxy) is 1. The number of aryl methyl sites for hydroxylation is 1. The molecule has 50 heavy (non-hydrogen) atoms. The van der Waals surface area contributed by atoms with Crippen molar-refractivity contribution in [2.45, 2.75) is 37.5 Å². The second-order valence-electron chi connectivity index (χ2n) is 13.8. The van der Waals surface area contributed by atoms with Crippen LogP contribution in [0.25, 0.3) is 5.57 Å². The smallest absolute Gasteiger partial charge is 0.238 e. The lowest BCUT2D eigenvalue weighted by molar-refractivity contribution is -0.135. The number of phenols is 1. The topological polar surface area (TPSA) is 101 Å². The molecule has 7 heteroatoms. The van der Waals surface area contributed by atoms with E-state index in [-0.39, 0.29) is 41.3 Å². The summed E-state index contributed by atoms with van der Waals surface area (Å²) >= 11 is 0. The molecule has 7 nitrogen and oxygen atoms in total. The van der Waals surface area contributed by atoms with Crippen LogP contribution in [0, 0.1) is 23.7 Å². The number of fused-ring (bicyclic) bond motifs is 4. The van der Waals surface area contributed by atoms with Gasteiger partial charge in [0.1, 0.15) is 0 Å². The number of phenolic OH excluding ortho intramolecular Hbond substituents is 1. The molecule has 0 spiro atoms. The number of anilines is 1. The summed E-state index contributed by atoms with van der Waals surface area (Å²) in [6, 6.07) is 31.3. The number of amides is 2. The normalized spacial score (nSPS) is 27.2. The van der Waals surface area contributed by atoms with Gasteiger partial charge in [0.2, 0.25) is 11.8 Å². The van der Waals surface area contributed by atoms with Gasteiger partial charge in [-0.05, 0) is 77.8 Å². The van der Waals surface area contributed by atoms with Crippen molar-refractivity contribution in [1.29, 1.82) is 0 Å². The number of Topliss-reactive ketones (excluding diaryl/α,β-unsaturated/α-hetero) is 1. The Balaban J connectivity index is 1.34. The van der Waals surface area contributed by atoms with Gasteiger partial charge in [-0.3, -0.25) is 24.1 Å². The van der Waals surface area contributed by atoms with Gasteiger partial charge in [-0.1, -0.05) is 97.4 Å². The highest BCUT2D eigenvalue weighted by Gasteiger charge is 2.66. The predicted molar refractivity (Wildman–Crippen MR) is 190 cm³/mol. The Kier molecular flexibility index (Phi) is 7.66. The Morgan fingerprint density at radius 3 is 2.20 bits per heavy atom. The summed E-state index contributed by atoms with van der Waals surface area (Å²) in [5.74, 6) is -4.06. The molecule has 8 rings (SSSR count). The number of ketones is 2. The highest BCUT2D eigenvalue weighted by atomic mass is 16.5. The number of allylic oxidation sites excluding steroid dienone is 4. The van der Waals surface area contributed by atoms with Crippen LogP contribution in [0.4, 0.5) is 5.69 Å². The van der Waals surface area contributed by atoms with Crippen LogP contribution in [-0.2, 0) is 31.0 Å². The van der Waals surface area contributed by atoms with E-state index in [1.807, 2.05) is 97.1 Å². The van der Waals surface area contributed by atoms with Gasteiger partial charge in [0.05, 0.1) is 30.0 Å². The third-order valence-electron chi connectivity index (χ3n) is 11.5. The van der Waals surface area contributed by atoms with Crippen LogP contribution in [-0.4, -0.2) is 35.6 Å². The molecule has 0 bridgehead atoms. The molecule has 3 aliphatic carbocycles. The maximum atomic E-state index is 15.1. The van der Waals surface area contributed by atoms with Gasteiger partial charge in [-0.25, -0.2) is 0 Å².